The van der Waals surface area contributed by atoms with E-state index in [1.807, 2.05) is 22.6 Å². The highest BCUT2D eigenvalue weighted by molar-refractivity contribution is 14.1. The summed E-state index contributed by atoms with van der Waals surface area (Å²) >= 11 is 5.00. The molecule has 0 aliphatic rings. The van der Waals surface area contributed by atoms with Crippen LogP contribution in [0.4, 0.5) is 0 Å². The minimum atomic E-state index is -0.539. The first-order valence-electron chi connectivity index (χ1n) is 4.57. The quantitative estimate of drug-likeness (QED) is 0.591. The number of aliphatic hydroxyl groups is 2. The summed E-state index contributed by atoms with van der Waals surface area (Å²) in [6.07, 6.45) is 1.41. The normalized spacial score (nSPS) is 10.4. The van der Waals surface area contributed by atoms with Gasteiger partial charge in [0.25, 0.3) is 5.56 Å². The van der Waals surface area contributed by atoms with E-state index in [9.17, 15) is 9.59 Å². The fourth-order valence-corrected chi connectivity index (χ4v) is 2.08. The molecule has 0 aliphatic heterocycles. The molecule has 0 fully saturated rings. The first-order chi connectivity index (χ1) is 7.99. The van der Waals surface area contributed by atoms with Crippen LogP contribution in [0.5, 0.6) is 0 Å². The van der Waals surface area contributed by atoms with Gasteiger partial charge in [-0.1, -0.05) is 15.9 Å². The van der Waals surface area contributed by atoms with Crippen LogP contribution in [0.3, 0.4) is 0 Å². The highest BCUT2D eigenvalue weighted by atomic mass is 127. The minimum absolute atomic E-state index is 0.141. The van der Waals surface area contributed by atoms with Crippen LogP contribution in [-0.2, 0) is 6.54 Å². The highest BCUT2D eigenvalue weighted by Crippen LogP contribution is 2.13. The van der Waals surface area contributed by atoms with Crippen molar-refractivity contribution in [2.75, 3.05) is 13.2 Å². The standard InChI is InChI=1S/C9H10BrIN2O4/c10-6(5(3-14)4-15)1-13-2-7(11)8(16)12-9(13)17/h2,14-15H,1,3-4H2,(H,12,16,17). The van der Waals surface area contributed by atoms with E-state index < -0.39 is 11.2 Å². The van der Waals surface area contributed by atoms with Crippen LogP contribution < -0.4 is 11.2 Å². The van der Waals surface area contributed by atoms with Crippen LogP contribution >= 0.6 is 38.5 Å². The molecular formula is C9H10BrIN2O4. The summed E-state index contributed by atoms with van der Waals surface area (Å²) in [6, 6.07) is 0. The maximum Gasteiger partial charge on any atom is 0.328 e. The number of halogens is 2. The van der Waals surface area contributed by atoms with E-state index in [1.54, 1.807) is 0 Å². The van der Waals surface area contributed by atoms with Gasteiger partial charge in [0.2, 0.25) is 0 Å². The van der Waals surface area contributed by atoms with Gasteiger partial charge in [-0.15, -0.1) is 0 Å². The van der Waals surface area contributed by atoms with Crippen molar-refractivity contribution in [1.29, 1.82) is 0 Å². The average Bonchev–Trinajstić information content (AvgIpc) is 2.27. The van der Waals surface area contributed by atoms with Gasteiger partial charge in [0.05, 0.1) is 23.3 Å². The highest BCUT2D eigenvalue weighted by Gasteiger charge is 2.06. The summed E-state index contributed by atoms with van der Waals surface area (Å²) in [5.41, 5.74) is -0.586. The predicted octanol–water partition coefficient (Wildman–Crippen LogP) is -0.225. The zero-order valence-electron chi connectivity index (χ0n) is 8.61. The molecule has 6 nitrogen and oxygen atoms in total. The molecule has 0 aliphatic carbocycles. The molecule has 0 atom stereocenters. The number of nitrogens with one attached hydrogen (secondary N) is 1. The molecule has 17 heavy (non-hydrogen) atoms. The lowest BCUT2D eigenvalue weighted by Gasteiger charge is -2.08. The van der Waals surface area contributed by atoms with Gasteiger partial charge in [0.1, 0.15) is 0 Å². The first-order valence-corrected chi connectivity index (χ1v) is 6.44. The lowest BCUT2D eigenvalue weighted by Crippen LogP contribution is -2.31. The topological polar surface area (TPSA) is 95.3 Å². The zero-order chi connectivity index (χ0) is 13.0. The summed E-state index contributed by atoms with van der Waals surface area (Å²) in [5.74, 6) is 0. The molecule has 0 bridgehead atoms. The average molecular weight is 417 g/mol. The molecule has 3 N–H and O–H groups in total. The van der Waals surface area contributed by atoms with Gasteiger partial charge >= 0.3 is 5.69 Å². The van der Waals surface area contributed by atoms with E-state index in [4.69, 9.17) is 10.2 Å². The molecule has 0 radical (unpaired) electrons. The lowest BCUT2D eigenvalue weighted by molar-refractivity contribution is 0.275. The van der Waals surface area contributed by atoms with Crippen molar-refractivity contribution < 1.29 is 10.2 Å². The Bertz CT molecular complexity index is 543. The maximum atomic E-state index is 11.5. The van der Waals surface area contributed by atoms with E-state index in [1.165, 1.54) is 10.8 Å². The molecule has 8 heteroatoms. The van der Waals surface area contributed by atoms with Crippen LogP contribution in [0, 0.1) is 3.57 Å². The Labute approximate surface area is 118 Å². The number of aliphatic hydroxyl groups excluding tert-OH is 2. The molecule has 0 aromatic carbocycles. The molecule has 0 unspecified atom stereocenters. The summed E-state index contributed by atoms with van der Waals surface area (Å²) < 4.78 is 2.17. The molecule has 94 valence electrons. The Balaban J connectivity index is 3.12. The molecule has 1 rings (SSSR count). The third-order valence-corrected chi connectivity index (χ3v) is 3.62. The largest absolute Gasteiger partial charge is 0.392 e. The fourth-order valence-electron chi connectivity index (χ4n) is 1.08. The van der Waals surface area contributed by atoms with Gasteiger partial charge < -0.3 is 10.2 Å². The van der Waals surface area contributed by atoms with E-state index in [2.05, 4.69) is 20.9 Å². The Morgan fingerprint density at radius 3 is 2.53 bits per heavy atom. The number of aromatic amines is 1. The molecule has 1 heterocycles. The summed E-state index contributed by atoms with van der Waals surface area (Å²) in [6.45, 7) is -0.458. The van der Waals surface area contributed by atoms with Crippen molar-refractivity contribution in [3.63, 3.8) is 0 Å². The Morgan fingerprint density at radius 2 is 2.00 bits per heavy atom. The zero-order valence-corrected chi connectivity index (χ0v) is 12.4. The summed E-state index contributed by atoms with van der Waals surface area (Å²) in [4.78, 5) is 24.8. The number of hydrogen-bond acceptors (Lipinski definition) is 4. The van der Waals surface area contributed by atoms with Gasteiger partial charge in [-0.05, 0) is 28.2 Å². The van der Waals surface area contributed by atoms with Crippen LogP contribution in [-0.4, -0.2) is 33.0 Å². The number of aromatic nitrogens is 2. The lowest BCUT2D eigenvalue weighted by atomic mass is 10.3. The van der Waals surface area contributed by atoms with E-state index in [0.717, 1.165) is 0 Å². The van der Waals surface area contributed by atoms with Crippen molar-refractivity contribution in [1.82, 2.24) is 9.55 Å². The number of hydrogen-bond donors (Lipinski definition) is 3. The molecule has 1 aromatic rings. The summed E-state index contributed by atoms with van der Waals surface area (Å²) in [7, 11) is 0. The predicted molar refractivity (Wildman–Crippen MR) is 74.2 cm³/mol. The van der Waals surface area contributed by atoms with Crippen molar-refractivity contribution in [3.05, 3.63) is 40.7 Å². The SMILES string of the molecule is O=c1[nH]c(=O)n(CC(Br)=C(CO)CO)cc1I. The number of allylic oxidation sites excluding steroid dienone is 1. The minimum Gasteiger partial charge on any atom is -0.392 e. The monoisotopic (exact) mass is 416 g/mol. The second kappa shape index (κ2) is 6.47. The third-order valence-electron chi connectivity index (χ3n) is 2.04. The molecule has 0 amide bonds. The van der Waals surface area contributed by atoms with E-state index in [0.29, 0.717) is 13.6 Å². The Hall–Kier alpha value is -0.450. The van der Waals surface area contributed by atoms with Crippen molar-refractivity contribution in [2.45, 2.75) is 6.54 Å². The van der Waals surface area contributed by atoms with Gasteiger partial charge in [0.15, 0.2) is 0 Å². The van der Waals surface area contributed by atoms with Crippen LogP contribution in [0.2, 0.25) is 0 Å². The van der Waals surface area contributed by atoms with Gasteiger partial charge in [-0.25, -0.2) is 4.79 Å². The van der Waals surface area contributed by atoms with Crippen LogP contribution in [0.25, 0.3) is 0 Å². The van der Waals surface area contributed by atoms with E-state index >= 15 is 0 Å². The molecular weight excluding hydrogens is 407 g/mol. The van der Waals surface area contributed by atoms with Crippen molar-refractivity contribution in [2.24, 2.45) is 0 Å². The molecule has 0 spiro atoms. The van der Waals surface area contributed by atoms with E-state index in [-0.39, 0.29) is 19.8 Å². The Kier molecular flexibility index (Phi) is 5.56. The van der Waals surface area contributed by atoms with Crippen LogP contribution in [0.15, 0.2) is 25.8 Å². The van der Waals surface area contributed by atoms with Crippen LogP contribution in [0.1, 0.15) is 0 Å². The molecule has 1 aromatic heterocycles. The third kappa shape index (κ3) is 3.76. The van der Waals surface area contributed by atoms with Gasteiger partial charge in [-0.3, -0.25) is 14.3 Å². The van der Waals surface area contributed by atoms with Gasteiger partial charge in [-0.2, -0.15) is 0 Å². The number of nitrogens with zero attached hydrogens (tertiary/aromatic N) is 1. The fraction of sp³-hybridized carbons (Fsp3) is 0.333. The van der Waals surface area contributed by atoms with Crippen molar-refractivity contribution in [3.8, 4) is 0 Å². The Morgan fingerprint density at radius 1 is 1.41 bits per heavy atom. The second-order valence-electron chi connectivity index (χ2n) is 3.19. The maximum absolute atomic E-state index is 11.5. The van der Waals surface area contributed by atoms with Gasteiger partial charge in [0, 0.05) is 10.7 Å². The number of rotatable bonds is 4. The molecule has 0 saturated carbocycles. The van der Waals surface area contributed by atoms with Crippen molar-refractivity contribution >= 4 is 38.5 Å². The molecule has 0 saturated heterocycles. The number of H-pyrrole nitrogens is 1. The second-order valence-corrected chi connectivity index (χ2v) is 5.31. The smallest absolute Gasteiger partial charge is 0.328 e. The first kappa shape index (κ1) is 14.6. The summed E-state index contributed by atoms with van der Waals surface area (Å²) in [5, 5.41) is 17.9.